The van der Waals surface area contributed by atoms with Gasteiger partial charge in [-0.3, -0.25) is 9.36 Å². The van der Waals surface area contributed by atoms with Gasteiger partial charge in [0.15, 0.2) is 16.3 Å². The third kappa shape index (κ3) is 5.21. The van der Waals surface area contributed by atoms with Gasteiger partial charge in [-0.25, -0.2) is 9.79 Å². The number of fused-ring (bicyclic) bond motifs is 1. The Labute approximate surface area is 226 Å². The van der Waals surface area contributed by atoms with E-state index < -0.39 is 12.0 Å². The van der Waals surface area contributed by atoms with Crippen LogP contribution >= 0.6 is 27.3 Å². The molecule has 1 unspecified atom stereocenters. The summed E-state index contributed by atoms with van der Waals surface area (Å²) in [5, 5.41) is 10.3. The lowest BCUT2D eigenvalue weighted by Gasteiger charge is -2.26. The third-order valence-electron chi connectivity index (χ3n) is 5.68. The van der Waals surface area contributed by atoms with Gasteiger partial charge < -0.3 is 19.3 Å². The molecule has 1 aliphatic rings. The average Bonchev–Trinajstić information content (AvgIpc) is 3.16. The summed E-state index contributed by atoms with van der Waals surface area (Å²) in [4.78, 5) is 32.0. The molecule has 194 valence electrons. The van der Waals surface area contributed by atoms with Crippen LogP contribution in [0, 0.1) is 0 Å². The molecule has 0 fully saturated rings. The summed E-state index contributed by atoms with van der Waals surface area (Å²) in [5.74, 6) is 0.339. The molecule has 0 saturated heterocycles. The molecule has 0 amide bonds. The molecule has 1 aromatic heterocycles. The first-order chi connectivity index (χ1) is 17.8. The molecular weight excluding hydrogens is 560 g/mol. The summed E-state index contributed by atoms with van der Waals surface area (Å²) in [6.45, 7) is 8.17. The standard InChI is InChI=1S/C27H27BrN2O6S/c1-5-34-19-11-9-8-10-17(19)23-22(26(33)36-7-3)15(4)29-27-30(23)25(32)21(37-27)14-16-12-18(28)24(31)20(13-16)35-6-2/h8-14,23,31H,5-7H2,1-4H3. The molecule has 0 saturated carbocycles. The number of halogens is 1. The molecule has 0 radical (unpaired) electrons. The number of thiazole rings is 1. The number of rotatable bonds is 8. The maximum atomic E-state index is 13.8. The molecule has 0 spiro atoms. The molecular formula is C27H27BrN2O6S. The Bertz CT molecular complexity index is 1560. The van der Waals surface area contributed by atoms with Gasteiger partial charge in [0.2, 0.25) is 0 Å². The number of para-hydroxylation sites is 1. The van der Waals surface area contributed by atoms with E-state index in [0.717, 1.165) is 0 Å². The number of carbonyl (C=O) groups excluding carboxylic acids is 1. The average molecular weight is 587 g/mol. The van der Waals surface area contributed by atoms with Crippen LogP contribution in [0.1, 0.15) is 44.9 Å². The number of ether oxygens (including phenoxy) is 3. The third-order valence-corrected chi connectivity index (χ3v) is 7.27. The maximum Gasteiger partial charge on any atom is 0.338 e. The second-order valence-electron chi connectivity index (χ2n) is 8.06. The van der Waals surface area contributed by atoms with Crippen molar-refractivity contribution >= 4 is 39.3 Å². The molecule has 2 heterocycles. The second kappa shape index (κ2) is 11.4. The lowest BCUT2D eigenvalue weighted by Crippen LogP contribution is -2.40. The van der Waals surface area contributed by atoms with Gasteiger partial charge in [-0.15, -0.1) is 0 Å². The van der Waals surface area contributed by atoms with E-state index in [1.807, 2.05) is 38.1 Å². The Kier molecular flexibility index (Phi) is 8.19. The van der Waals surface area contributed by atoms with E-state index >= 15 is 0 Å². The first-order valence-electron chi connectivity index (χ1n) is 11.9. The number of phenolic OH excluding ortho intramolecular Hbond substituents is 1. The summed E-state index contributed by atoms with van der Waals surface area (Å²) < 4.78 is 19.1. The van der Waals surface area contributed by atoms with E-state index in [1.54, 1.807) is 32.1 Å². The number of benzene rings is 2. The van der Waals surface area contributed by atoms with Crippen LogP contribution in [0.3, 0.4) is 0 Å². The molecule has 3 aromatic rings. The van der Waals surface area contributed by atoms with Gasteiger partial charge in [-0.2, -0.15) is 0 Å². The Morgan fingerprint density at radius 3 is 2.54 bits per heavy atom. The summed E-state index contributed by atoms with van der Waals surface area (Å²) in [7, 11) is 0. The van der Waals surface area contributed by atoms with E-state index in [9.17, 15) is 14.7 Å². The molecule has 37 heavy (non-hydrogen) atoms. The van der Waals surface area contributed by atoms with Gasteiger partial charge in [-0.1, -0.05) is 29.5 Å². The number of aromatic nitrogens is 1. The van der Waals surface area contributed by atoms with Gasteiger partial charge in [0, 0.05) is 5.56 Å². The molecule has 10 heteroatoms. The number of allylic oxidation sites excluding steroid dienone is 1. The van der Waals surface area contributed by atoms with Crippen molar-refractivity contribution in [1.82, 2.24) is 4.57 Å². The van der Waals surface area contributed by atoms with Crippen LogP contribution in [0.4, 0.5) is 0 Å². The number of phenols is 1. The van der Waals surface area contributed by atoms with Gasteiger partial charge in [-0.05, 0) is 73.5 Å². The first kappa shape index (κ1) is 26.7. The van der Waals surface area contributed by atoms with Crippen molar-refractivity contribution in [1.29, 1.82) is 0 Å². The minimum atomic E-state index is -0.772. The van der Waals surface area contributed by atoms with E-state index in [-0.39, 0.29) is 17.9 Å². The Balaban J connectivity index is 1.97. The van der Waals surface area contributed by atoms with Crippen LogP contribution < -0.4 is 24.4 Å². The Morgan fingerprint density at radius 1 is 1.14 bits per heavy atom. The normalized spacial score (nSPS) is 15.3. The highest BCUT2D eigenvalue weighted by atomic mass is 79.9. The fourth-order valence-electron chi connectivity index (χ4n) is 4.17. The number of hydrogen-bond donors (Lipinski definition) is 1. The van der Waals surface area contributed by atoms with E-state index in [1.165, 1.54) is 15.9 Å². The van der Waals surface area contributed by atoms with Crippen LogP contribution in [0.2, 0.25) is 0 Å². The smallest absolute Gasteiger partial charge is 0.338 e. The fourth-order valence-corrected chi connectivity index (χ4v) is 5.68. The monoisotopic (exact) mass is 586 g/mol. The molecule has 0 bridgehead atoms. The van der Waals surface area contributed by atoms with Crippen molar-refractivity contribution < 1.29 is 24.1 Å². The Hall–Kier alpha value is -3.37. The summed E-state index contributed by atoms with van der Waals surface area (Å²) in [5.41, 5.74) is 1.79. The number of nitrogens with zero attached hydrogens (tertiary/aromatic N) is 2. The number of aromatic hydroxyl groups is 1. The molecule has 1 N–H and O–H groups in total. The molecule has 1 atom stereocenters. The van der Waals surface area contributed by atoms with E-state index in [2.05, 4.69) is 20.9 Å². The Morgan fingerprint density at radius 2 is 1.84 bits per heavy atom. The quantitative estimate of drug-likeness (QED) is 0.399. The van der Waals surface area contributed by atoms with Crippen molar-refractivity contribution in [3.63, 3.8) is 0 Å². The van der Waals surface area contributed by atoms with Gasteiger partial charge in [0.05, 0.1) is 40.1 Å². The zero-order valence-corrected chi connectivity index (χ0v) is 23.3. The van der Waals surface area contributed by atoms with Crippen molar-refractivity contribution in [3.05, 3.63) is 83.0 Å². The van der Waals surface area contributed by atoms with Gasteiger partial charge in [0.1, 0.15) is 11.8 Å². The van der Waals surface area contributed by atoms with Crippen molar-refractivity contribution in [2.24, 2.45) is 4.99 Å². The SMILES string of the molecule is CCOC(=O)C1=C(C)N=c2sc(=Cc3cc(Br)c(O)c(OCC)c3)c(=O)n2C1c1ccccc1OCC. The van der Waals surface area contributed by atoms with Gasteiger partial charge >= 0.3 is 5.97 Å². The molecule has 0 aliphatic carbocycles. The highest BCUT2D eigenvalue weighted by Gasteiger charge is 2.35. The predicted molar refractivity (Wildman–Crippen MR) is 145 cm³/mol. The maximum absolute atomic E-state index is 13.8. The number of esters is 1. The minimum absolute atomic E-state index is 0.0114. The summed E-state index contributed by atoms with van der Waals surface area (Å²) >= 11 is 4.56. The predicted octanol–water partition coefficient (Wildman–Crippen LogP) is 4.06. The zero-order chi connectivity index (χ0) is 26.7. The van der Waals surface area contributed by atoms with Crippen LogP contribution in [-0.2, 0) is 9.53 Å². The van der Waals surface area contributed by atoms with Crippen LogP contribution in [0.5, 0.6) is 17.2 Å². The number of hydrogen-bond acceptors (Lipinski definition) is 8. The highest BCUT2D eigenvalue weighted by molar-refractivity contribution is 9.10. The van der Waals surface area contributed by atoms with Crippen molar-refractivity contribution in [2.45, 2.75) is 33.7 Å². The van der Waals surface area contributed by atoms with Crippen molar-refractivity contribution in [2.75, 3.05) is 19.8 Å². The molecule has 8 nitrogen and oxygen atoms in total. The van der Waals surface area contributed by atoms with E-state index in [0.29, 0.717) is 60.9 Å². The topological polar surface area (TPSA) is 99.4 Å². The lowest BCUT2D eigenvalue weighted by molar-refractivity contribution is -0.139. The summed E-state index contributed by atoms with van der Waals surface area (Å²) in [6.07, 6.45) is 1.71. The molecule has 1 aliphatic heterocycles. The van der Waals surface area contributed by atoms with Crippen LogP contribution in [0.15, 0.2) is 61.9 Å². The first-order valence-corrected chi connectivity index (χ1v) is 13.5. The largest absolute Gasteiger partial charge is 0.503 e. The second-order valence-corrected chi connectivity index (χ2v) is 9.92. The highest BCUT2D eigenvalue weighted by Crippen LogP contribution is 2.37. The fraction of sp³-hybridized carbons (Fsp3) is 0.296. The molecule has 4 rings (SSSR count). The van der Waals surface area contributed by atoms with Crippen LogP contribution in [-0.4, -0.2) is 35.5 Å². The lowest BCUT2D eigenvalue weighted by atomic mass is 9.95. The van der Waals surface area contributed by atoms with Crippen molar-refractivity contribution in [3.8, 4) is 17.2 Å². The van der Waals surface area contributed by atoms with Gasteiger partial charge in [0.25, 0.3) is 5.56 Å². The zero-order valence-electron chi connectivity index (χ0n) is 20.9. The summed E-state index contributed by atoms with van der Waals surface area (Å²) in [6, 6.07) is 9.94. The van der Waals surface area contributed by atoms with E-state index in [4.69, 9.17) is 14.2 Å². The van der Waals surface area contributed by atoms with Crippen LogP contribution in [0.25, 0.3) is 6.08 Å². The minimum Gasteiger partial charge on any atom is -0.503 e. The number of carbonyl (C=O) groups is 1. The molecule has 2 aromatic carbocycles.